The van der Waals surface area contributed by atoms with Crippen LogP contribution in [0.4, 0.5) is 0 Å². The lowest BCUT2D eigenvalue weighted by Crippen LogP contribution is -2.65. The number of aliphatic hydroxyl groups is 3. The quantitative estimate of drug-likeness (QED) is 0.372. The Morgan fingerprint density at radius 2 is 1.82 bits per heavy atom. The number of carbonyl (C=O) groups is 1. The third-order valence-corrected chi connectivity index (χ3v) is 12.3. The number of rotatable bonds is 4. The zero-order valence-electron chi connectivity index (χ0n) is 23.3. The van der Waals surface area contributed by atoms with Gasteiger partial charge in [-0.15, -0.1) is 0 Å². The summed E-state index contributed by atoms with van der Waals surface area (Å²) in [6.07, 6.45) is 7.04. The molecular weight excluding hydrogens is 488 g/mol. The van der Waals surface area contributed by atoms with Crippen molar-refractivity contribution in [2.75, 3.05) is 13.7 Å². The number of carbonyl (C=O) groups excluding carboxylic acids is 1. The molecule has 0 aromatic carbocycles. The topological polar surface area (TPSA) is 115 Å². The third kappa shape index (κ3) is 3.88. The summed E-state index contributed by atoms with van der Waals surface area (Å²) >= 11 is 0. The first-order valence-corrected chi connectivity index (χ1v) is 14.8. The molecule has 13 unspecified atom stereocenters. The minimum Gasteiger partial charge on any atom is -0.458 e. The molecule has 2 aliphatic heterocycles. The van der Waals surface area contributed by atoms with Crippen LogP contribution >= 0.6 is 0 Å². The molecule has 38 heavy (non-hydrogen) atoms. The number of cyclic esters (lactones) is 1. The van der Waals surface area contributed by atoms with Gasteiger partial charge in [0.2, 0.25) is 0 Å². The van der Waals surface area contributed by atoms with E-state index in [1.54, 1.807) is 13.2 Å². The Labute approximate surface area is 226 Å². The fraction of sp³-hybridized carbons (Fsp3) is 0.900. The van der Waals surface area contributed by atoms with Gasteiger partial charge >= 0.3 is 5.97 Å². The van der Waals surface area contributed by atoms with Crippen molar-refractivity contribution in [1.29, 1.82) is 0 Å². The predicted molar refractivity (Wildman–Crippen MR) is 138 cm³/mol. The van der Waals surface area contributed by atoms with Crippen LogP contribution in [0.25, 0.3) is 0 Å². The Hall–Kier alpha value is -1.03. The minimum absolute atomic E-state index is 0.0307. The van der Waals surface area contributed by atoms with E-state index in [0.29, 0.717) is 24.7 Å². The summed E-state index contributed by atoms with van der Waals surface area (Å²) < 4.78 is 23.1. The Morgan fingerprint density at radius 3 is 2.53 bits per heavy atom. The first kappa shape index (κ1) is 27.2. The molecule has 0 aromatic rings. The van der Waals surface area contributed by atoms with Gasteiger partial charge in [-0.05, 0) is 93.0 Å². The van der Waals surface area contributed by atoms with Gasteiger partial charge in [0.25, 0.3) is 0 Å². The highest BCUT2D eigenvalue weighted by atomic mass is 16.7. The first-order chi connectivity index (χ1) is 18.0. The van der Waals surface area contributed by atoms with Gasteiger partial charge in [-0.3, -0.25) is 0 Å². The summed E-state index contributed by atoms with van der Waals surface area (Å²) in [4.78, 5) is 11.8. The monoisotopic (exact) mass is 534 g/mol. The fourth-order valence-corrected chi connectivity index (χ4v) is 10.1. The van der Waals surface area contributed by atoms with Crippen molar-refractivity contribution in [1.82, 2.24) is 0 Å². The number of methoxy groups -OCH3 is 1. The van der Waals surface area contributed by atoms with E-state index in [9.17, 15) is 20.1 Å². The van der Waals surface area contributed by atoms with Gasteiger partial charge in [0.05, 0.1) is 30.0 Å². The molecule has 3 N–H and O–H groups in total. The molecule has 4 aliphatic carbocycles. The highest BCUT2D eigenvalue weighted by Gasteiger charge is 2.71. The van der Waals surface area contributed by atoms with Crippen LogP contribution in [0, 0.1) is 34.5 Å². The highest BCUT2D eigenvalue weighted by Crippen LogP contribution is 2.70. The molecule has 4 saturated carbocycles. The summed E-state index contributed by atoms with van der Waals surface area (Å²) in [6.45, 7) is 6.70. The average molecular weight is 535 g/mol. The summed E-state index contributed by atoms with van der Waals surface area (Å²) in [5.74, 6) is 0.555. The number of hydrogen-bond donors (Lipinski definition) is 3. The molecule has 0 bridgehead atoms. The summed E-state index contributed by atoms with van der Waals surface area (Å²) in [7, 11) is 1.62. The maximum absolute atomic E-state index is 12.4. The van der Waals surface area contributed by atoms with Gasteiger partial charge in [0.15, 0.2) is 6.29 Å². The number of ether oxygens (including phenoxy) is 4. The Balaban J connectivity index is 1.17. The molecule has 0 radical (unpaired) electrons. The van der Waals surface area contributed by atoms with Crippen molar-refractivity contribution >= 4 is 5.97 Å². The van der Waals surface area contributed by atoms with Gasteiger partial charge in [-0.2, -0.15) is 0 Å². The molecule has 8 heteroatoms. The van der Waals surface area contributed by atoms with Gasteiger partial charge in [0.1, 0.15) is 12.7 Å². The zero-order chi connectivity index (χ0) is 27.0. The van der Waals surface area contributed by atoms with Gasteiger partial charge < -0.3 is 34.3 Å². The maximum atomic E-state index is 12.4. The first-order valence-electron chi connectivity index (χ1n) is 14.8. The van der Waals surface area contributed by atoms with E-state index < -0.39 is 23.2 Å². The van der Waals surface area contributed by atoms with Gasteiger partial charge in [0, 0.05) is 25.0 Å². The largest absolute Gasteiger partial charge is 0.458 e. The van der Waals surface area contributed by atoms with Crippen LogP contribution in [0.2, 0.25) is 0 Å². The molecule has 2 heterocycles. The van der Waals surface area contributed by atoms with E-state index in [4.69, 9.17) is 18.9 Å². The second-order valence-electron chi connectivity index (χ2n) is 13.7. The van der Waals surface area contributed by atoms with Crippen LogP contribution in [-0.2, 0) is 23.7 Å². The molecular formula is C30H46O8. The molecule has 0 amide bonds. The van der Waals surface area contributed by atoms with E-state index in [1.807, 2.05) is 6.92 Å². The minimum atomic E-state index is -1.16. The second-order valence-corrected chi connectivity index (χ2v) is 13.7. The third-order valence-electron chi connectivity index (χ3n) is 12.3. The Bertz CT molecular complexity index is 968. The number of esters is 1. The average Bonchev–Trinajstić information content (AvgIpc) is 3.40. The molecule has 0 spiro atoms. The lowest BCUT2D eigenvalue weighted by atomic mass is 9.43. The molecule has 0 aromatic heterocycles. The smallest absolute Gasteiger partial charge is 0.331 e. The normalized spacial score (nSPS) is 54.5. The van der Waals surface area contributed by atoms with Gasteiger partial charge in [-0.1, -0.05) is 13.8 Å². The predicted octanol–water partition coefficient (Wildman–Crippen LogP) is 3.11. The van der Waals surface area contributed by atoms with Crippen LogP contribution in [0.1, 0.15) is 78.6 Å². The summed E-state index contributed by atoms with van der Waals surface area (Å²) in [5, 5.41) is 34.1. The van der Waals surface area contributed by atoms with E-state index >= 15 is 0 Å². The maximum Gasteiger partial charge on any atom is 0.331 e. The molecule has 6 rings (SSSR count). The van der Waals surface area contributed by atoms with Crippen LogP contribution < -0.4 is 0 Å². The van der Waals surface area contributed by atoms with Crippen molar-refractivity contribution in [3.63, 3.8) is 0 Å². The van der Waals surface area contributed by atoms with E-state index in [2.05, 4.69) is 13.8 Å². The summed E-state index contributed by atoms with van der Waals surface area (Å²) in [5.41, 5.74) is -0.592. The standard InChI is InChI=1S/C30H46O8/c1-16-27(33)23(35-4)14-26(37-16)38-19-7-9-28(2)18(12-19)5-6-21-20(28)8-10-29(3)22(13-24(31)30(21,29)34)17-11-25(32)36-15-17/h11,16,18-24,26-27,31,33-34H,5-10,12-15H2,1-4H3. The van der Waals surface area contributed by atoms with Crippen molar-refractivity contribution in [3.8, 4) is 0 Å². The Kier molecular flexibility index (Phi) is 6.80. The van der Waals surface area contributed by atoms with Crippen LogP contribution in [0.3, 0.4) is 0 Å². The van der Waals surface area contributed by atoms with Crippen LogP contribution in [0.5, 0.6) is 0 Å². The lowest BCUT2D eigenvalue weighted by Gasteiger charge is -2.64. The summed E-state index contributed by atoms with van der Waals surface area (Å²) in [6, 6.07) is 0. The Morgan fingerprint density at radius 1 is 1.03 bits per heavy atom. The zero-order valence-corrected chi connectivity index (χ0v) is 23.3. The number of hydrogen-bond acceptors (Lipinski definition) is 8. The molecule has 1 saturated heterocycles. The number of fused-ring (bicyclic) bond motifs is 5. The van der Waals surface area contributed by atoms with Crippen molar-refractivity contribution in [2.24, 2.45) is 34.5 Å². The molecule has 8 nitrogen and oxygen atoms in total. The molecule has 6 aliphatic rings. The SMILES string of the molecule is COC1CC(OC2CCC3(C)C(CCC4C3CCC3(C)C(C5=CC(=O)OC5)CC(O)C43O)C2)OC(C)C1O. The molecule has 214 valence electrons. The van der Waals surface area contributed by atoms with E-state index in [0.717, 1.165) is 50.5 Å². The van der Waals surface area contributed by atoms with Crippen LogP contribution in [-0.4, -0.2) is 77.4 Å². The highest BCUT2D eigenvalue weighted by molar-refractivity contribution is 5.85. The molecule has 5 fully saturated rings. The van der Waals surface area contributed by atoms with Crippen molar-refractivity contribution in [2.45, 2.75) is 121 Å². The van der Waals surface area contributed by atoms with E-state index in [-0.39, 0.29) is 54.4 Å². The van der Waals surface area contributed by atoms with Gasteiger partial charge in [-0.25, -0.2) is 4.79 Å². The lowest BCUT2D eigenvalue weighted by molar-refractivity contribution is -0.275. The van der Waals surface area contributed by atoms with Crippen molar-refractivity contribution < 1.29 is 39.1 Å². The second kappa shape index (κ2) is 9.52. The van der Waals surface area contributed by atoms with E-state index in [1.165, 1.54) is 0 Å². The number of aliphatic hydroxyl groups excluding tert-OH is 2. The van der Waals surface area contributed by atoms with Crippen molar-refractivity contribution in [3.05, 3.63) is 11.6 Å². The van der Waals surface area contributed by atoms with Crippen LogP contribution in [0.15, 0.2) is 11.6 Å². The fourth-order valence-electron chi connectivity index (χ4n) is 10.1. The molecule has 13 atom stereocenters.